The molecule has 0 radical (unpaired) electrons. The summed E-state index contributed by atoms with van der Waals surface area (Å²) in [5.41, 5.74) is 0.285. The fourth-order valence-electron chi connectivity index (χ4n) is 2.20. The predicted octanol–water partition coefficient (Wildman–Crippen LogP) is 1.70. The van der Waals surface area contributed by atoms with Gasteiger partial charge in [-0.05, 0) is 32.6 Å². The number of ether oxygens (including phenoxy) is 1. The lowest BCUT2D eigenvalue weighted by Gasteiger charge is -2.37. The number of rotatable bonds is 7. The Kier molecular flexibility index (Phi) is 5.69. The molecule has 0 aromatic carbocycles. The normalized spacial score (nSPS) is 14.6. The average molecular weight is 312 g/mol. The summed E-state index contributed by atoms with van der Waals surface area (Å²) >= 11 is 1.12. The Morgan fingerprint density at radius 2 is 2.29 bits per heavy atom. The molecule has 0 atom stereocenters. The van der Waals surface area contributed by atoms with E-state index in [-0.39, 0.29) is 35.9 Å². The topological polar surface area (TPSA) is 79.7 Å². The average Bonchev–Trinajstić information content (AvgIpc) is 2.90. The Hall–Kier alpha value is -1.47. The number of aliphatic hydroxyl groups is 1. The van der Waals surface area contributed by atoms with Crippen molar-refractivity contribution < 1.29 is 19.4 Å². The van der Waals surface area contributed by atoms with Crippen LogP contribution in [0.25, 0.3) is 0 Å². The first-order valence-corrected chi connectivity index (χ1v) is 8.09. The molecule has 0 spiro atoms. The van der Waals surface area contributed by atoms with Gasteiger partial charge in [-0.15, -0.1) is 11.3 Å². The maximum atomic E-state index is 12.5. The summed E-state index contributed by atoms with van der Waals surface area (Å²) < 4.78 is 4.88. The summed E-state index contributed by atoms with van der Waals surface area (Å²) in [6.07, 6.45) is 3.66. The minimum absolute atomic E-state index is 0.0572. The highest BCUT2D eigenvalue weighted by Crippen LogP contribution is 2.26. The summed E-state index contributed by atoms with van der Waals surface area (Å²) in [5, 5.41) is 10.8. The lowest BCUT2D eigenvalue weighted by Crippen LogP contribution is -2.45. The van der Waals surface area contributed by atoms with Crippen LogP contribution in [-0.4, -0.2) is 52.7 Å². The fourth-order valence-corrected chi connectivity index (χ4v) is 2.88. The molecule has 116 valence electrons. The third-order valence-corrected chi connectivity index (χ3v) is 4.33. The number of carbonyl (C=O) groups excluding carboxylic acids is 2. The molecule has 21 heavy (non-hydrogen) atoms. The second-order valence-corrected chi connectivity index (χ2v) is 5.78. The number of aliphatic hydroxyl groups excluding tert-OH is 1. The highest BCUT2D eigenvalue weighted by molar-refractivity contribution is 7.11. The standard InChI is InChI=1S/C14H20N2O4S/c1-2-20-14(19)12-15-11(9-21-12)13(18)16(7-4-8-17)10-5-3-6-10/h9-10,17H,2-8H2,1H3. The van der Waals surface area contributed by atoms with Gasteiger partial charge in [-0.1, -0.05) is 0 Å². The van der Waals surface area contributed by atoms with E-state index in [0.29, 0.717) is 13.0 Å². The van der Waals surface area contributed by atoms with Crippen molar-refractivity contribution in [1.29, 1.82) is 0 Å². The zero-order valence-electron chi connectivity index (χ0n) is 12.1. The van der Waals surface area contributed by atoms with Gasteiger partial charge in [0.2, 0.25) is 5.01 Å². The highest BCUT2D eigenvalue weighted by atomic mass is 32.1. The Labute approximate surface area is 127 Å². The molecule has 1 N–H and O–H groups in total. The van der Waals surface area contributed by atoms with Crippen molar-refractivity contribution in [2.45, 2.75) is 38.6 Å². The molecule has 1 saturated carbocycles. The Balaban J connectivity index is 2.07. The van der Waals surface area contributed by atoms with Crippen molar-refractivity contribution in [2.75, 3.05) is 19.8 Å². The number of hydrogen-bond acceptors (Lipinski definition) is 6. The lowest BCUT2D eigenvalue weighted by atomic mass is 9.91. The van der Waals surface area contributed by atoms with Crippen molar-refractivity contribution >= 4 is 23.2 Å². The van der Waals surface area contributed by atoms with E-state index in [1.54, 1.807) is 17.2 Å². The third-order valence-electron chi connectivity index (χ3n) is 3.51. The van der Waals surface area contributed by atoms with E-state index in [0.717, 1.165) is 30.6 Å². The minimum Gasteiger partial charge on any atom is -0.461 e. The molecular formula is C14H20N2O4S. The molecule has 0 saturated heterocycles. The van der Waals surface area contributed by atoms with Crippen LogP contribution >= 0.6 is 11.3 Å². The summed E-state index contributed by atoms with van der Waals surface area (Å²) in [5.74, 6) is -0.660. The Morgan fingerprint density at radius 1 is 1.52 bits per heavy atom. The number of nitrogens with zero attached hydrogens (tertiary/aromatic N) is 2. The van der Waals surface area contributed by atoms with Crippen LogP contribution in [0.15, 0.2) is 5.38 Å². The molecule has 7 heteroatoms. The molecular weight excluding hydrogens is 292 g/mol. The summed E-state index contributed by atoms with van der Waals surface area (Å²) in [6.45, 7) is 2.59. The van der Waals surface area contributed by atoms with E-state index in [2.05, 4.69) is 4.98 Å². The molecule has 1 heterocycles. The van der Waals surface area contributed by atoms with Gasteiger partial charge >= 0.3 is 5.97 Å². The third kappa shape index (κ3) is 3.79. The van der Waals surface area contributed by atoms with Crippen molar-refractivity contribution in [3.05, 3.63) is 16.1 Å². The number of thiazole rings is 1. The molecule has 2 rings (SSSR count). The van der Waals surface area contributed by atoms with E-state index < -0.39 is 5.97 Å². The molecule has 1 aliphatic carbocycles. The van der Waals surface area contributed by atoms with E-state index in [9.17, 15) is 9.59 Å². The van der Waals surface area contributed by atoms with E-state index in [1.807, 2.05) is 0 Å². The molecule has 0 unspecified atom stereocenters. The maximum Gasteiger partial charge on any atom is 0.367 e. The zero-order valence-corrected chi connectivity index (χ0v) is 12.9. The second kappa shape index (κ2) is 7.51. The molecule has 1 aliphatic rings. The highest BCUT2D eigenvalue weighted by Gasteiger charge is 2.30. The Bertz CT molecular complexity index is 499. The minimum atomic E-state index is -0.493. The van der Waals surface area contributed by atoms with Gasteiger partial charge in [0.1, 0.15) is 5.69 Å². The van der Waals surface area contributed by atoms with Crippen LogP contribution < -0.4 is 0 Å². The van der Waals surface area contributed by atoms with Crippen LogP contribution in [0.3, 0.4) is 0 Å². The van der Waals surface area contributed by atoms with Crippen molar-refractivity contribution in [1.82, 2.24) is 9.88 Å². The van der Waals surface area contributed by atoms with E-state index >= 15 is 0 Å². The van der Waals surface area contributed by atoms with Gasteiger partial charge in [0.05, 0.1) is 6.61 Å². The predicted molar refractivity (Wildman–Crippen MR) is 78.4 cm³/mol. The summed E-state index contributed by atoms with van der Waals surface area (Å²) in [7, 11) is 0. The molecule has 1 aromatic heterocycles. The van der Waals surface area contributed by atoms with Crippen molar-refractivity contribution in [2.24, 2.45) is 0 Å². The van der Waals surface area contributed by atoms with Gasteiger partial charge in [-0.3, -0.25) is 4.79 Å². The van der Waals surface area contributed by atoms with Crippen LogP contribution in [0.2, 0.25) is 0 Å². The first-order chi connectivity index (χ1) is 10.2. The van der Waals surface area contributed by atoms with Gasteiger partial charge in [0.15, 0.2) is 0 Å². The molecule has 6 nitrogen and oxygen atoms in total. The number of esters is 1. The van der Waals surface area contributed by atoms with Crippen LogP contribution in [0.1, 0.15) is 52.9 Å². The fraction of sp³-hybridized carbons (Fsp3) is 0.643. The number of hydrogen-bond donors (Lipinski definition) is 1. The van der Waals surface area contributed by atoms with Gasteiger partial charge in [-0.25, -0.2) is 9.78 Å². The smallest absolute Gasteiger partial charge is 0.367 e. The SMILES string of the molecule is CCOC(=O)c1nc(C(=O)N(CCCO)C2CCC2)cs1. The molecule has 0 aliphatic heterocycles. The maximum absolute atomic E-state index is 12.5. The molecule has 1 fully saturated rings. The Morgan fingerprint density at radius 3 is 2.86 bits per heavy atom. The van der Waals surface area contributed by atoms with Crippen LogP contribution in [0.4, 0.5) is 0 Å². The first kappa shape index (κ1) is 15.9. The van der Waals surface area contributed by atoms with Gasteiger partial charge in [-0.2, -0.15) is 0 Å². The van der Waals surface area contributed by atoms with Crippen LogP contribution in [-0.2, 0) is 4.74 Å². The quantitative estimate of drug-likeness (QED) is 0.775. The molecule has 1 amide bonds. The molecule has 0 bridgehead atoms. The molecule has 1 aromatic rings. The van der Waals surface area contributed by atoms with E-state index in [1.165, 1.54) is 0 Å². The van der Waals surface area contributed by atoms with Gasteiger partial charge < -0.3 is 14.7 Å². The first-order valence-electron chi connectivity index (χ1n) is 7.21. The monoisotopic (exact) mass is 312 g/mol. The lowest BCUT2D eigenvalue weighted by molar-refractivity contribution is 0.0525. The number of amides is 1. The van der Waals surface area contributed by atoms with Gasteiger partial charge in [0, 0.05) is 24.6 Å². The van der Waals surface area contributed by atoms with Crippen LogP contribution in [0, 0.1) is 0 Å². The number of carbonyl (C=O) groups is 2. The van der Waals surface area contributed by atoms with E-state index in [4.69, 9.17) is 9.84 Å². The largest absolute Gasteiger partial charge is 0.461 e. The number of aromatic nitrogens is 1. The second-order valence-electron chi connectivity index (χ2n) is 4.92. The summed E-state index contributed by atoms with van der Waals surface area (Å²) in [4.78, 5) is 30.0. The van der Waals surface area contributed by atoms with Crippen LogP contribution in [0.5, 0.6) is 0 Å². The van der Waals surface area contributed by atoms with Crippen molar-refractivity contribution in [3.8, 4) is 0 Å². The zero-order chi connectivity index (χ0) is 15.2. The summed E-state index contributed by atoms with van der Waals surface area (Å²) in [6, 6.07) is 0.233. The van der Waals surface area contributed by atoms with Gasteiger partial charge in [0.25, 0.3) is 5.91 Å². The van der Waals surface area contributed by atoms with Crippen molar-refractivity contribution in [3.63, 3.8) is 0 Å².